The Morgan fingerprint density at radius 1 is 1.00 bits per heavy atom. The van der Waals surface area contributed by atoms with Crippen molar-refractivity contribution in [2.75, 3.05) is 5.32 Å². The molecule has 0 fully saturated rings. The van der Waals surface area contributed by atoms with Crippen molar-refractivity contribution < 1.29 is 22.7 Å². The Kier molecular flexibility index (Phi) is 4.56. The van der Waals surface area contributed by atoms with E-state index < -0.39 is 15.9 Å². The van der Waals surface area contributed by atoms with Gasteiger partial charge in [-0.1, -0.05) is 6.07 Å². The van der Waals surface area contributed by atoms with E-state index in [2.05, 4.69) is 5.32 Å². The lowest BCUT2D eigenvalue weighted by Crippen LogP contribution is -2.30. The number of anilines is 1. The van der Waals surface area contributed by atoms with Gasteiger partial charge in [0.1, 0.15) is 0 Å². The van der Waals surface area contributed by atoms with Crippen LogP contribution in [0.15, 0.2) is 47.4 Å². The summed E-state index contributed by atoms with van der Waals surface area (Å²) in [6.45, 7) is 2.26. The second-order valence-electron chi connectivity index (χ2n) is 5.62. The third kappa shape index (κ3) is 3.86. The smallest absolute Gasteiger partial charge is 0.265 e. The zero-order valence-electron chi connectivity index (χ0n) is 13.4. The predicted octanol–water partition coefficient (Wildman–Crippen LogP) is 1.79. The fourth-order valence-corrected chi connectivity index (χ4v) is 3.45. The third-order valence-electron chi connectivity index (χ3n) is 3.70. The van der Waals surface area contributed by atoms with Crippen molar-refractivity contribution in [3.8, 4) is 0 Å². The van der Waals surface area contributed by atoms with Crippen molar-refractivity contribution in [2.24, 2.45) is 0 Å². The molecule has 3 rings (SSSR count). The molecule has 0 radical (unpaired) electrons. The van der Waals surface area contributed by atoms with E-state index in [0.717, 1.165) is 11.1 Å². The molecule has 8 heteroatoms. The number of rotatable bonds is 4. The highest BCUT2D eigenvalue weighted by Crippen LogP contribution is 2.21. The van der Waals surface area contributed by atoms with Crippen LogP contribution in [0.1, 0.15) is 28.4 Å². The molecule has 1 aliphatic heterocycles. The van der Waals surface area contributed by atoms with Crippen LogP contribution in [0, 0.1) is 0 Å². The Bertz CT molecular complexity index is 936. The second kappa shape index (κ2) is 6.66. The molecule has 0 aliphatic carbocycles. The van der Waals surface area contributed by atoms with E-state index in [1.807, 2.05) is 4.72 Å². The molecule has 0 bridgehead atoms. The summed E-state index contributed by atoms with van der Waals surface area (Å²) in [5, 5.41) is 2.54. The Labute approximate surface area is 145 Å². The highest BCUT2D eigenvalue weighted by molar-refractivity contribution is 7.90. The topological polar surface area (TPSA) is 102 Å². The zero-order valence-corrected chi connectivity index (χ0v) is 14.2. The molecule has 0 spiro atoms. The van der Waals surface area contributed by atoms with Crippen molar-refractivity contribution in [2.45, 2.75) is 25.0 Å². The maximum atomic E-state index is 12.3. The summed E-state index contributed by atoms with van der Waals surface area (Å²) >= 11 is 0. The average molecular weight is 360 g/mol. The lowest BCUT2D eigenvalue weighted by molar-refractivity contribution is -0.114. The highest BCUT2D eigenvalue weighted by Gasteiger charge is 2.20. The predicted molar refractivity (Wildman–Crippen MR) is 90.3 cm³/mol. The van der Waals surface area contributed by atoms with E-state index in [1.165, 1.54) is 31.2 Å². The second-order valence-corrected chi connectivity index (χ2v) is 7.30. The van der Waals surface area contributed by atoms with Crippen LogP contribution in [0.5, 0.6) is 0 Å². The number of amides is 2. The van der Waals surface area contributed by atoms with Crippen LogP contribution in [-0.4, -0.2) is 20.2 Å². The van der Waals surface area contributed by atoms with E-state index in [-0.39, 0.29) is 16.4 Å². The highest BCUT2D eigenvalue weighted by atomic mass is 32.2. The van der Waals surface area contributed by atoms with Crippen LogP contribution < -0.4 is 10.0 Å². The van der Waals surface area contributed by atoms with E-state index in [9.17, 15) is 18.0 Å². The first-order chi connectivity index (χ1) is 11.8. The van der Waals surface area contributed by atoms with Crippen molar-refractivity contribution in [3.63, 3.8) is 0 Å². The summed E-state index contributed by atoms with van der Waals surface area (Å²) in [7, 11) is -4.01. The van der Waals surface area contributed by atoms with Gasteiger partial charge in [0.05, 0.1) is 18.1 Å². The fraction of sp³-hybridized carbons (Fsp3) is 0.176. The molecule has 2 N–H and O–H groups in total. The minimum Gasteiger partial charge on any atom is -0.372 e. The maximum Gasteiger partial charge on any atom is 0.265 e. The SMILES string of the molecule is CC(=O)Nc1ccc(S(=O)(=O)NC(=O)c2ccc3c(c2)COC3)cc1. The number of benzene rings is 2. The third-order valence-corrected chi connectivity index (χ3v) is 5.04. The van der Waals surface area contributed by atoms with Gasteiger partial charge >= 0.3 is 0 Å². The molecular formula is C17H16N2O5S. The van der Waals surface area contributed by atoms with Crippen LogP contribution in [0.4, 0.5) is 5.69 Å². The molecule has 7 nitrogen and oxygen atoms in total. The molecular weight excluding hydrogens is 344 g/mol. The maximum absolute atomic E-state index is 12.3. The molecule has 0 aromatic heterocycles. The van der Waals surface area contributed by atoms with Gasteiger partial charge in [-0.25, -0.2) is 13.1 Å². The lowest BCUT2D eigenvalue weighted by Gasteiger charge is -2.09. The molecule has 0 atom stereocenters. The van der Waals surface area contributed by atoms with Crippen LogP contribution in [0.25, 0.3) is 0 Å². The van der Waals surface area contributed by atoms with E-state index >= 15 is 0 Å². The molecule has 2 aromatic carbocycles. The molecule has 2 aromatic rings. The number of ether oxygens (including phenoxy) is 1. The van der Waals surface area contributed by atoms with Gasteiger partial charge in [-0.3, -0.25) is 9.59 Å². The minimum absolute atomic E-state index is 0.0700. The van der Waals surface area contributed by atoms with Crippen molar-refractivity contribution in [1.82, 2.24) is 4.72 Å². The molecule has 0 saturated heterocycles. The Hall–Kier alpha value is -2.71. The summed E-state index contributed by atoms with van der Waals surface area (Å²) in [6, 6.07) is 10.5. The first kappa shape index (κ1) is 17.1. The quantitative estimate of drug-likeness (QED) is 0.866. The van der Waals surface area contributed by atoms with Gasteiger partial charge < -0.3 is 10.1 Å². The Morgan fingerprint density at radius 2 is 1.68 bits per heavy atom. The van der Waals surface area contributed by atoms with E-state index in [4.69, 9.17) is 4.74 Å². The summed E-state index contributed by atoms with van der Waals surface area (Å²) in [6.07, 6.45) is 0. The number of carbonyl (C=O) groups is 2. The number of hydrogen-bond acceptors (Lipinski definition) is 5. The number of nitrogens with one attached hydrogen (secondary N) is 2. The van der Waals surface area contributed by atoms with Gasteiger partial charge in [-0.05, 0) is 47.5 Å². The number of carbonyl (C=O) groups excluding carboxylic acids is 2. The monoisotopic (exact) mass is 360 g/mol. The van der Waals surface area contributed by atoms with Gasteiger partial charge in [-0.2, -0.15) is 0 Å². The van der Waals surface area contributed by atoms with Gasteiger partial charge in [0, 0.05) is 18.2 Å². The molecule has 25 heavy (non-hydrogen) atoms. The minimum atomic E-state index is -4.01. The largest absolute Gasteiger partial charge is 0.372 e. The molecule has 130 valence electrons. The average Bonchev–Trinajstić information content (AvgIpc) is 3.02. The molecule has 1 heterocycles. The number of sulfonamides is 1. The van der Waals surface area contributed by atoms with Crippen molar-refractivity contribution >= 4 is 27.5 Å². The van der Waals surface area contributed by atoms with Crippen molar-refractivity contribution in [3.05, 3.63) is 59.2 Å². The van der Waals surface area contributed by atoms with E-state index in [0.29, 0.717) is 18.9 Å². The van der Waals surface area contributed by atoms with Crippen LogP contribution in [0.2, 0.25) is 0 Å². The van der Waals surface area contributed by atoms with Crippen LogP contribution in [0.3, 0.4) is 0 Å². The molecule has 0 unspecified atom stereocenters. The van der Waals surface area contributed by atoms with Gasteiger partial charge in [0.15, 0.2) is 0 Å². The van der Waals surface area contributed by atoms with Gasteiger partial charge in [-0.15, -0.1) is 0 Å². The Balaban J connectivity index is 1.76. The molecule has 0 saturated carbocycles. The Morgan fingerprint density at radius 3 is 2.36 bits per heavy atom. The summed E-state index contributed by atoms with van der Waals surface area (Å²) in [5.41, 5.74) is 2.59. The van der Waals surface area contributed by atoms with Gasteiger partial charge in [0.25, 0.3) is 15.9 Å². The molecule has 2 amide bonds. The van der Waals surface area contributed by atoms with Gasteiger partial charge in [0.2, 0.25) is 5.91 Å². The summed E-state index contributed by atoms with van der Waals surface area (Å²) in [4.78, 5) is 23.2. The normalized spacial score (nSPS) is 13.2. The molecule has 1 aliphatic rings. The number of fused-ring (bicyclic) bond motifs is 1. The van der Waals surface area contributed by atoms with Crippen LogP contribution in [-0.2, 0) is 32.8 Å². The zero-order chi connectivity index (χ0) is 18.0. The fourth-order valence-electron chi connectivity index (χ4n) is 2.47. The van der Waals surface area contributed by atoms with E-state index in [1.54, 1.807) is 18.2 Å². The van der Waals surface area contributed by atoms with Crippen LogP contribution >= 0.6 is 0 Å². The first-order valence-electron chi connectivity index (χ1n) is 7.49. The number of hydrogen-bond donors (Lipinski definition) is 2. The lowest BCUT2D eigenvalue weighted by atomic mass is 10.1. The first-order valence-corrected chi connectivity index (χ1v) is 8.98. The standard InChI is InChI=1S/C17H16N2O5S/c1-11(20)18-15-4-6-16(7-5-15)25(22,23)19-17(21)12-2-3-13-9-24-10-14(13)8-12/h2-8H,9-10H2,1H3,(H,18,20)(H,19,21). The summed E-state index contributed by atoms with van der Waals surface area (Å²) < 4.78 is 32.0. The van der Waals surface area contributed by atoms with Crippen molar-refractivity contribution in [1.29, 1.82) is 0 Å². The summed E-state index contributed by atoms with van der Waals surface area (Å²) in [5.74, 6) is -0.967.